The van der Waals surface area contributed by atoms with E-state index in [1.807, 2.05) is 7.05 Å². The van der Waals surface area contributed by atoms with Gasteiger partial charge < -0.3 is 10.2 Å². The number of nitrogens with zero attached hydrogens (tertiary/aromatic N) is 2. The van der Waals surface area contributed by atoms with E-state index in [0.717, 1.165) is 37.1 Å². The van der Waals surface area contributed by atoms with Crippen LogP contribution in [-0.4, -0.2) is 51.9 Å². The van der Waals surface area contributed by atoms with Crippen LogP contribution in [0.1, 0.15) is 31.7 Å². The standard InChI is InChI=1S/C18H27N3O3S.ClH/c1-14(22)21-12-8-16-13-17(3-4-18(16)21)25(23,24)20-10-6-15(7-11-20)5-9-19-2;/h3-4,13,15,19H,5-12H2,1-2H3;1H. The van der Waals surface area contributed by atoms with Crippen molar-refractivity contribution in [3.05, 3.63) is 23.8 Å². The zero-order valence-corrected chi connectivity index (χ0v) is 17.0. The smallest absolute Gasteiger partial charge is 0.243 e. The number of carbonyl (C=O) groups is 1. The van der Waals surface area contributed by atoms with Crippen LogP contribution in [0, 0.1) is 5.92 Å². The number of benzene rings is 1. The number of nitrogens with one attached hydrogen (secondary N) is 1. The second kappa shape index (κ2) is 8.69. The maximum atomic E-state index is 13.0. The zero-order valence-electron chi connectivity index (χ0n) is 15.4. The summed E-state index contributed by atoms with van der Waals surface area (Å²) in [4.78, 5) is 13.7. The number of hydrogen-bond acceptors (Lipinski definition) is 4. The number of amides is 1. The highest BCUT2D eigenvalue weighted by Gasteiger charge is 2.31. The Morgan fingerprint density at radius 1 is 1.23 bits per heavy atom. The van der Waals surface area contributed by atoms with Crippen molar-refractivity contribution in [1.82, 2.24) is 9.62 Å². The summed E-state index contributed by atoms with van der Waals surface area (Å²) < 4.78 is 27.5. The Hall–Kier alpha value is -1.15. The number of halogens is 1. The largest absolute Gasteiger partial charge is 0.320 e. The summed E-state index contributed by atoms with van der Waals surface area (Å²) in [5.41, 5.74) is 1.79. The highest BCUT2D eigenvalue weighted by Crippen LogP contribution is 2.32. The lowest BCUT2D eigenvalue weighted by molar-refractivity contribution is -0.116. The number of fused-ring (bicyclic) bond motifs is 1. The quantitative estimate of drug-likeness (QED) is 0.819. The van der Waals surface area contributed by atoms with Gasteiger partial charge in [-0.25, -0.2) is 8.42 Å². The third-order valence-electron chi connectivity index (χ3n) is 5.34. The molecule has 0 bridgehead atoms. The van der Waals surface area contributed by atoms with Crippen molar-refractivity contribution in [3.8, 4) is 0 Å². The normalized spacial score (nSPS) is 18.5. The van der Waals surface area contributed by atoms with Gasteiger partial charge in [0.1, 0.15) is 0 Å². The molecule has 6 nitrogen and oxygen atoms in total. The Kier molecular flexibility index (Phi) is 7.07. The fourth-order valence-electron chi connectivity index (χ4n) is 3.80. The number of hydrogen-bond donors (Lipinski definition) is 1. The van der Waals surface area contributed by atoms with Gasteiger partial charge in [-0.3, -0.25) is 4.79 Å². The first kappa shape index (κ1) is 21.2. The average Bonchev–Trinajstić information content (AvgIpc) is 3.03. The highest BCUT2D eigenvalue weighted by atomic mass is 35.5. The van der Waals surface area contributed by atoms with Gasteiger partial charge in [-0.2, -0.15) is 4.31 Å². The van der Waals surface area contributed by atoms with Crippen LogP contribution in [0.3, 0.4) is 0 Å². The predicted molar refractivity (Wildman–Crippen MR) is 105 cm³/mol. The Balaban J connectivity index is 0.00000243. The van der Waals surface area contributed by atoms with Crippen molar-refractivity contribution >= 4 is 34.0 Å². The number of sulfonamides is 1. The molecule has 0 radical (unpaired) electrons. The minimum absolute atomic E-state index is 0. The monoisotopic (exact) mass is 401 g/mol. The van der Waals surface area contributed by atoms with E-state index in [1.165, 1.54) is 6.92 Å². The van der Waals surface area contributed by atoms with Gasteiger partial charge in [-0.15, -0.1) is 12.4 Å². The van der Waals surface area contributed by atoms with E-state index >= 15 is 0 Å². The fraction of sp³-hybridized carbons (Fsp3) is 0.611. The van der Waals surface area contributed by atoms with Crippen LogP contribution in [0.25, 0.3) is 0 Å². The summed E-state index contributed by atoms with van der Waals surface area (Å²) >= 11 is 0. The molecule has 0 saturated carbocycles. The summed E-state index contributed by atoms with van der Waals surface area (Å²) in [6.45, 7) is 4.33. The number of piperidine rings is 1. The van der Waals surface area contributed by atoms with Crippen molar-refractivity contribution in [2.75, 3.05) is 38.1 Å². The molecule has 0 aromatic heterocycles. The van der Waals surface area contributed by atoms with Crippen LogP contribution in [-0.2, 0) is 21.2 Å². The summed E-state index contributed by atoms with van der Waals surface area (Å²) in [6, 6.07) is 5.17. The van der Waals surface area contributed by atoms with Crippen LogP contribution in [0.4, 0.5) is 5.69 Å². The van der Waals surface area contributed by atoms with Crippen molar-refractivity contribution in [1.29, 1.82) is 0 Å². The van der Waals surface area contributed by atoms with E-state index in [9.17, 15) is 13.2 Å². The minimum atomic E-state index is -3.45. The van der Waals surface area contributed by atoms with Gasteiger partial charge in [-0.05, 0) is 69.0 Å². The molecule has 146 valence electrons. The van der Waals surface area contributed by atoms with Gasteiger partial charge in [0.05, 0.1) is 4.90 Å². The zero-order chi connectivity index (χ0) is 18.0. The van der Waals surface area contributed by atoms with Crippen LogP contribution < -0.4 is 10.2 Å². The minimum Gasteiger partial charge on any atom is -0.320 e. The average molecular weight is 402 g/mol. The molecule has 2 aliphatic rings. The molecule has 8 heteroatoms. The summed E-state index contributed by atoms with van der Waals surface area (Å²) in [7, 11) is -1.51. The number of rotatable bonds is 5. The first-order valence-corrected chi connectivity index (χ1v) is 10.4. The molecule has 0 aliphatic carbocycles. The molecule has 0 unspecified atom stereocenters. The summed E-state index contributed by atoms with van der Waals surface area (Å²) in [5.74, 6) is 0.598. The molecular weight excluding hydrogens is 374 g/mol. The van der Waals surface area contributed by atoms with Gasteiger partial charge >= 0.3 is 0 Å². The van der Waals surface area contributed by atoms with E-state index in [1.54, 1.807) is 27.4 Å². The van der Waals surface area contributed by atoms with Crippen molar-refractivity contribution in [2.24, 2.45) is 5.92 Å². The summed E-state index contributed by atoms with van der Waals surface area (Å²) in [6.07, 6.45) is 3.66. The Morgan fingerprint density at radius 3 is 2.54 bits per heavy atom. The van der Waals surface area contributed by atoms with E-state index in [0.29, 0.717) is 36.9 Å². The first-order valence-electron chi connectivity index (χ1n) is 8.99. The Morgan fingerprint density at radius 2 is 1.92 bits per heavy atom. The van der Waals surface area contributed by atoms with E-state index in [2.05, 4.69) is 5.32 Å². The maximum absolute atomic E-state index is 13.0. The molecule has 2 heterocycles. The molecule has 1 aromatic carbocycles. The van der Waals surface area contributed by atoms with Gasteiger partial charge in [0.2, 0.25) is 15.9 Å². The SMILES string of the molecule is CNCCC1CCN(S(=O)(=O)c2ccc3c(c2)CCN3C(C)=O)CC1.Cl. The molecule has 1 N–H and O–H groups in total. The molecule has 1 saturated heterocycles. The van der Waals surface area contributed by atoms with Crippen molar-refractivity contribution in [3.63, 3.8) is 0 Å². The highest BCUT2D eigenvalue weighted by molar-refractivity contribution is 7.89. The molecule has 3 rings (SSSR count). The fourth-order valence-corrected chi connectivity index (χ4v) is 5.32. The van der Waals surface area contributed by atoms with E-state index < -0.39 is 10.0 Å². The number of carbonyl (C=O) groups excluding carboxylic acids is 1. The van der Waals surface area contributed by atoms with Crippen molar-refractivity contribution < 1.29 is 13.2 Å². The van der Waals surface area contributed by atoms with Gasteiger partial charge in [0.25, 0.3) is 0 Å². The third-order valence-corrected chi connectivity index (χ3v) is 7.24. The molecule has 0 atom stereocenters. The van der Waals surface area contributed by atoms with E-state index in [4.69, 9.17) is 0 Å². The van der Waals surface area contributed by atoms with Gasteiger partial charge in [-0.1, -0.05) is 0 Å². The maximum Gasteiger partial charge on any atom is 0.243 e. The van der Waals surface area contributed by atoms with Crippen LogP contribution in [0.15, 0.2) is 23.1 Å². The lowest BCUT2D eigenvalue weighted by Gasteiger charge is -2.31. The molecule has 1 fully saturated rings. The topological polar surface area (TPSA) is 69.7 Å². The molecule has 1 aromatic rings. The van der Waals surface area contributed by atoms with E-state index in [-0.39, 0.29) is 18.3 Å². The van der Waals surface area contributed by atoms with Gasteiger partial charge in [0, 0.05) is 32.2 Å². The van der Waals surface area contributed by atoms with Crippen LogP contribution in [0.5, 0.6) is 0 Å². The molecule has 1 amide bonds. The Labute approximate surface area is 162 Å². The van der Waals surface area contributed by atoms with Gasteiger partial charge in [0.15, 0.2) is 0 Å². The molecule has 0 spiro atoms. The molecule has 2 aliphatic heterocycles. The second-order valence-corrected chi connectivity index (χ2v) is 8.89. The second-order valence-electron chi connectivity index (χ2n) is 6.95. The third kappa shape index (κ3) is 4.22. The lowest BCUT2D eigenvalue weighted by atomic mass is 9.95. The Bertz CT molecular complexity index is 746. The van der Waals surface area contributed by atoms with Crippen LogP contribution >= 0.6 is 12.4 Å². The predicted octanol–water partition coefficient (Wildman–Crippen LogP) is 2.03. The molecular formula is C18H28ClN3O3S. The first-order chi connectivity index (χ1) is 11.9. The van der Waals surface area contributed by atoms with Crippen LogP contribution in [0.2, 0.25) is 0 Å². The lowest BCUT2D eigenvalue weighted by Crippen LogP contribution is -2.38. The number of anilines is 1. The summed E-state index contributed by atoms with van der Waals surface area (Å²) in [5, 5.41) is 3.16. The van der Waals surface area contributed by atoms with Crippen molar-refractivity contribution in [2.45, 2.75) is 37.5 Å². The molecule has 26 heavy (non-hydrogen) atoms.